The minimum Gasteiger partial charge on any atom is -0.350 e. The smallest absolute Gasteiger partial charge is 0.178 e. The van der Waals surface area contributed by atoms with Crippen LogP contribution in [-0.4, -0.2) is 16.9 Å². The summed E-state index contributed by atoms with van der Waals surface area (Å²) >= 11 is 0. The normalized spacial score (nSPS) is 11.0. The van der Waals surface area contributed by atoms with E-state index in [2.05, 4.69) is 5.32 Å². The zero-order chi connectivity index (χ0) is 15.5. The maximum atomic E-state index is 12.8. The summed E-state index contributed by atoms with van der Waals surface area (Å²) in [5.74, 6) is -0.200. The first-order chi connectivity index (χ1) is 10.6. The molecule has 1 N–H and O–H groups in total. The Morgan fingerprint density at radius 2 is 1.86 bits per heavy atom. The van der Waals surface area contributed by atoms with Crippen LogP contribution in [0.1, 0.15) is 15.9 Å². The Hall–Kier alpha value is -2.46. The number of Topliss-reactive ketones (excluding diaryl/α,β-unsaturated/α-hetero) is 1. The summed E-state index contributed by atoms with van der Waals surface area (Å²) in [6.07, 6.45) is 1.87. The number of carbonyl (C=O) groups is 1. The molecular formula is C18H17FN2O. The summed E-state index contributed by atoms with van der Waals surface area (Å²) in [6.45, 7) is 0.794. The summed E-state index contributed by atoms with van der Waals surface area (Å²) in [5, 5.41) is 4.08. The van der Waals surface area contributed by atoms with Gasteiger partial charge in [0, 0.05) is 36.3 Å². The van der Waals surface area contributed by atoms with Crippen molar-refractivity contribution in [3.63, 3.8) is 0 Å². The van der Waals surface area contributed by atoms with Crippen molar-refractivity contribution in [1.82, 2.24) is 9.88 Å². The molecule has 0 radical (unpaired) electrons. The van der Waals surface area contributed by atoms with E-state index in [9.17, 15) is 9.18 Å². The molecule has 3 rings (SSSR count). The molecule has 0 spiro atoms. The number of aromatic nitrogens is 1. The van der Waals surface area contributed by atoms with Crippen LogP contribution in [0, 0.1) is 5.82 Å². The van der Waals surface area contributed by atoms with Crippen molar-refractivity contribution in [2.24, 2.45) is 7.05 Å². The molecule has 4 heteroatoms. The van der Waals surface area contributed by atoms with Gasteiger partial charge in [-0.3, -0.25) is 4.79 Å². The predicted molar refractivity (Wildman–Crippen MR) is 85.4 cm³/mol. The van der Waals surface area contributed by atoms with E-state index in [4.69, 9.17) is 0 Å². The zero-order valence-corrected chi connectivity index (χ0v) is 12.3. The summed E-state index contributed by atoms with van der Waals surface area (Å²) in [7, 11) is 1.94. The standard InChI is InChI=1S/C18H17FN2O/c1-21-12-16(15-4-2-3-5-17(15)21)18(22)11-20-10-13-6-8-14(19)9-7-13/h2-9,12,20H,10-11H2,1H3. The highest BCUT2D eigenvalue weighted by Gasteiger charge is 2.12. The highest BCUT2D eigenvalue weighted by atomic mass is 19.1. The van der Waals surface area contributed by atoms with E-state index in [1.54, 1.807) is 12.1 Å². The Labute approximate surface area is 128 Å². The van der Waals surface area contributed by atoms with Gasteiger partial charge in [-0.25, -0.2) is 4.39 Å². The van der Waals surface area contributed by atoms with Gasteiger partial charge in [-0.1, -0.05) is 30.3 Å². The van der Waals surface area contributed by atoms with Crippen molar-refractivity contribution in [2.45, 2.75) is 6.54 Å². The average Bonchev–Trinajstić information content (AvgIpc) is 2.87. The van der Waals surface area contributed by atoms with E-state index in [0.29, 0.717) is 6.54 Å². The number of hydrogen-bond acceptors (Lipinski definition) is 2. The lowest BCUT2D eigenvalue weighted by Crippen LogP contribution is -2.22. The summed E-state index contributed by atoms with van der Waals surface area (Å²) in [4.78, 5) is 12.4. The van der Waals surface area contributed by atoms with E-state index in [1.165, 1.54) is 12.1 Å². The van der Waals surface area contributed by atoms with Crippen LogP contribution in [0.3, 0.4) is 0 Å². The van der Waals surface area contributed by atoms with E-state index < -0.39 is 0 Å². The third-order valence-corrected chi connectivity index (χ3v) is 3.73. The molecule has 1 aromatic heterocycles. The SMILES string of the molecule is Cn1cc(C(=O)CNCc2ccc(F)cc2)c2ccccc21. The minimum atomic E-state index is -0.254. The van der Waals surface area contributed by atoms with Gasteiger partial charge in [-0.2, -0.15) is 0 Å². The van der Waals surface area contributed by atoms with Crippen molar-refractivity contribution < 1.29 is 9.18 Å². The van der Waals surface area contributed by atoms with Crippen LogP contribution in [0.5, 0.6) is 0 Å². The number of fused-ring (bicyclic) bond motifs is 1. The molecule has 22 heavy (non-hydrogen) atoms. The van der Waals surface area contributed by atoms with Crippen LogP contribution in [0.4, 0.5) is 4.39 Å². The first kappa shape index (κ1) is 14.5. The first-order valence-corrected chi connectivity index (χ1v) is 7.17. The summed E-state index contributed by atoms with van der Waals surface area (Å²) < 4.78 is 14.8. The molecule has 0 saturated carbocycles. The molecule has 0 amide bonds. The fourth-order valence-electron chi connectivity index (χ4n) is 2.58. The largest absolute Gasteiger partial charge is 0.350 e. The Kier molecular flexibility index (Phi) is 4.02. The van der Waals surface area contributed by atoms with E-state index in [0.717, 1.165) is 22.0 Å². The number of ketones is 1. The summed E-state index contributed by atoms with van der Waals surface area (Å²) in [6, 6.07) is 14.1. The van der Waals surface area contributed by atoms with Gasteiger partial charge >= 0.3 is 0 Å². The monoisotopic (exact) mass is 296 g/mol. The second kappa shape index (κ2) is 6.12. The van der Waals surface area contributed by atoms with Gasteiger partial charge < -0.3 is 9.88 Å². The van der Waals surface area contributed by atoms with Gasteiger partial charge in [0.1, 0.15) is 5.82 Å². The Morgan fingerprint density at radius 3 is 2.64 bits per heavy atom. The minimum absolute atomic E-state index is 0.0545. The average molecular weight is 296 g/mol. The van der Waals surface area contributed by atoms with Crippen LogP contribution in [0.25, 0.3) is 10.9 Å². The van der Waals surface area contributed by atoms with Gasteiger partial charge in [0.15, 0.2) is 5.78 Å². The zero-order valence-electron chi connectivity index (χ0n) is 12.3. The van der Waals surface area contributed by atoms with Crippen molar-refractivity contribution in [1.29, 1.82) is 0 Å². The molecule has 2 aromatic carbocycles. The lowest BCUT2D eigenvalue weighted by molar-refractivity contribution is 0.0992. The Morgan fingerprint density at radius 1 is 1.14 bits per heavy atom. The van der Waals surface area contributed by atoms with Crippen molar-refractivity contribution >= 4 is 16.7 Å². The van der Waals surface area contributed by atoms with Gasteiger partial charge in [0.05, 0.1) is 6.54 Å². The molecule has 0 unspecified atom stereocenters. The number of aryl methyl sites for hydroxylation is 1. The highest BCUT2D eigenvalue weighted by molar-refractivity contribution is 6.09. The molecule has 0 atom stereocenters. The van der Waals surface area contributed by atoms with Crippen LogP contribution in [0.15, 0.2) is 54.7 Å². The van der Waals surface area contributed by atoms with Crippen molar-refractivity contribution in [3.8, 4) is 0 Å². The van der Waals surface area contributed by atoms with E-state index in [-0.39, 0.29) is 18.1 Å². The van der Waals surface area contributed by atoms with Crippen LogP contribution in [-0.2, 0) is 13.6 Å². The van der Waals surface area contributed by atoms with Gasteiger partial charge in [-0.05, 0) is 23.8 Å². The van der Waals surface area contributed by atoms with Crippen molar-refractivity contribution in [3.05, 3.63) is 71.7 Å². The molecule has 0 fully saturated rings. The number of nitrogens with one attached hydrogen (secondary N) is 1. The molecule has 112 valence electrons. The number of benzene rings is 2. The van der Waals surface area contributed by atoms with Crippen LogP contribution < -0.4 is 5.32 Å². The molecule has 0 aliphatic rings. The third-order valence-electron chi connectivity index (χ3n) is 3.73. The van der Waals surface area contributed by atoms with E-state index >= 15 is 0 Å². The second-order valence-corrected chi connectivity index (χ2v) is 5.32. The quantitative estimate of drug-likeness (QED) is 0.733. The topological polar surface area (TPSA) is 34.0 Å². The van der Waals surface area contributed by atoms with Crippen molar-refractivity contribution in [2.75, 3.05) is 6.54 Å². The summed E-state index contributed by atoms with van der Waals surface area (Å²) in [5.41, 5.74) is 2.72. The lowest BCUT2D eigenvalue weighted by atomic mass is 10.1. The maximum Gasteiger partial charge on any atom is 0.178 e. The Balaban J connectivity index is 1.67. The predicted octanol–water partition coefficient (Wildman–Crippen LogP) is 3.29. The van der Waals surface area contributed by atoms with Gasteiger partial charge in [0.25, 0.3) is 0 Å². The fraction of sp³-hybridized carbons (Fsp3) is 0.167. The fourth-order valence-corrected chi connectivity index (χ4v) is 2.58. The van der Waals surface area contributed by atoms with E-state index in [1.807, 2.05) is 42.1 Å². The second-order valence-electron chi connectivity index (χ2n) is 5.32. The molecule has 0 saturated heterocycles. The number of rotatable bonds is 5. The lowest BCUT2D eigenvalue weighted by Gasteiger charge is -2.04. The highest BCUT2D eigenvalue weighted by Crippen LogP contribution is 2.20. The van der Waals surface area contributed by atoms with Gasteiger partial charge in [-0.15, -0.1) is 0 Å². The molecule has 0 bridgehead atoms. The molecule has 1 heterocycles. The van der Waals surface area contributed by atoms with Gasteiger partial charge in [0.2, 0.25) is 0 Å². The molecular weight excluding hydrogens is 279 g/mol. The number of halogens is 1. The maximum absolute atomic E-state index is 12.8. The molecule has 0 aliphatic heterocycles. The number of carbonyl (C=O) groups excluding carboxylic acids is 1. The Bertz CT molecular complexity index is 806. The number of para-hydroxylation sites is 1. The molecule has 3 aromatic rings. The molecule has 0 aliphatic carbocycles. The molecule has 3 nitrogen and oxygen atoms in total. The number of nitrogens with zero attached hydrogens (tertiary/aromatic N) is 1. The number of hydrogen-bond donors (Lipinski definition) is 1. The van der Waals surface area contributed by atoms with Crippen LogP contribution >= 0.6 is 0 Å². The third kappa shape index (κ3) is 2.92. The van der Waals surface area contributed by atoms with Crippen LogP contribution in [0.2, 0.25) is 0 Å². The first-order valence-electron chi connectivity index (χ1n) is 7.17.